The molecule has 1 aliphatic rings. The molecule has 2 heterocycles. The van der Waals surface area contributed by atoms with E-state index in [-0.39, 0.29) is 0 Å². The van der Waals surface area contributed by atoms with Crippen molar-refractivity contribution >= 4 is 5.69 Å². The Kier molecular flexibility index (Phi) is 4.32. The highest BCUT2D eigenvalue weighted by molar-refractivity contribution is 5.59. The molecule has 1 saturated heterocycles. The summed E-state index contributed by atoms with van der Waals surface area (Å²) in [6, 6.07) is 14.4. The number of hydrogen-bond acceptors (Lipinski definition) is 3. The van der Waals surface area contributed by atoms with Crippen LogP contribution in [-0.4, -0.2) is 24.7 Å². The monoisotopic (exact) mass is 296 g/mol. The van der Waals surface area contributed by atoms with Gasteiger partial charge in [-0.15, -0.1) is 0 Å². The Balaban J connectivity index is 1.64. The van der Waals surface area contributed by atoms with Gasteiger partial charge in [-0.1, -0.05) is 32.0 Å². The van der Waals surface area contributed by atoms with Crippen LogP contribution in [0.15, 0.2) is 48.7 Å². The zero-order chi connectivity index (χ0) is 15.4. The predicted molar refractivity (Wildman–Crippen MR) is 90.5 cm³/mol. The maximum atomic E-state index is 6.04. The fourth-order valence-electron chi connectivity index (χ4n) is 2.97. The summed E-state index contributed by atoms with van der Waals surface area (Å²) in [5.41, 5.74) is 2.68. The highest BCUT2D eigenvalue weighted by Gasteiger charge is 2.30. The Morgan fingerprint density at radius 2 is 1.95 bits per heavy atom. The van der Waals surface area contributed by atoms with Crippen LogP contribution < -0.4 is 9.64 Å². The second-order valence-corrected chi connectivity index (χ2v) is 6.72. The van der Waals surface area contributed by atoms with E-state index in [0.29, 0.717) is 12.0 Å². The summed E-state index contributed by atoms with van der Waals surface area (Å²) in [5, 5.41) is 0. The minimum absolute atomic E-state index is 0.390. The van der Waals surface area contributed by atoms with E-state index in [0.717, 1.165) is 31.0 Å². The summed E-state index contributed by atoms with van der Waals surface area (Å²) in [7, 11) is 0. The second kappa shape index (κ2) is 6.39. The maximum Gasteiger partial charge on any atom is 0.142 e. The SMILES string of the molecule is CC1(C)CCN(c2ccccc2OCCc2ccccn2)C1. The summed E-state index contributed by atoms with van der Waals surface area (Å²) >= 11 is 0. The molecule has 3 heteroatoms. The Labute approximate surface area is 132 Å². The lowest BCUT2D eigenvalue weighted by Crippen LogP contribution is -2.23. The van der Waals surface area contributed by atoms with Crippen LogP contribution in [0.25, 0.3) is 0 Å². The molecule has 116 valence electrons. The quantitative estimate of drug-likeness (QED) is 0.835. The summed E-state index contributed by atoms with van der Waals surface area (Å²) in [6.07, 6.45) is 3.89. The van der Waals surface area contributed by atoms with Gasteiger partial charge in [-0.3, -0.25) is 4.98 Å². The van der Waals surface area contributed by atoms with Gasteiger partial charge in [-0.2, -0.15) is 0 Å². The van der Waals surface area contributed by atoms with Crippen molar-refractivity contribution < 1.29 is 4.74 Å². The zero-order valence-corrected chi connectivity index (χ0v) is 13.5. The first-order valence-corrected chi connectivity index (χ1v) is 8.01. The molecule has 0 saturated carbocycles. The van der Waals surface area contributed by atoms with Crippen molar-refractivity contribution in [1.29, 1.82) is 0 Å². The van der Waals surface area contributed by atoms with E-state index >= 15 is 0 Å². The maximum absolute atomic E-state index is 6.04. The molecular weight excluding hydrogens is 272 g/mol. The third-order valence-electron chi connectivity index (χ3n) is 4.23. The summed E-state index contributed by atoms with van der Waals surface area (Å²) < 4.78 is 6.04. The molecule has 0 atom stereocenters. The van der Waals surface area contributed by atoms with Crippen molar-refractivity contribution in [1.82, 2.24) is 4.98 Å². The molecule has 0 amide bonds. The fraction of sp³-hybridized carbons (Fsp3) is 0.421. The van der Waals surface area contributed by atoms with E-state index in [4.69, 9.17) is 4.74 Å². The molecule has 0 spiro atoms. The second-order valence-electron chi connectivity index (χ2n) is 6.72. The Bertz CT molecular complexity index is 610. The molecular formula is C19H24N2O. The van der Waals surface area contributed by atoms with Gasteiger partial charge in [0.15, 0.2) is 0 Å². The topological polar surface area (TPSA) is 25.4 Å². The van der Waals surface area contributed by atoms with Gasteiger partial charge in [0, 0.05) is 31.4 Å². The van der Waals surface area contributed by atoms with E-state index < -0.39 is 0 Å². The molecule has 1 fully saturated rings. The van der Waals surface area contributed by atoms with Crippen LogP contribution in [0.2, 0.25) is 0 Å². The van der Waals surface area contributed by atoms with Crippen LogP contribution >= 0.6 is 0 Å². The van der Waals surface area contributed by atoms with Gasteiger partial charge in [-0.05, 0) is 36.1 Å². The molecule has 0 aliphatic carbocycles. The van der Waals surface area contributed by atoms with Gasteiger partial charge in [0.25, 0.3) is 0 Å². The average Bonchev–Trinajstić information content (AvgIpc) is 2.89. The van der Waals surface area contributed by atoms with Crippen LogP contribution in [0.5, 0.6) is 5.75 Å². The summed E-state index contributed by atoms with van der Waals surface area (Å²) in [5.74, 6) is 0.983. The van der Waals surface area contributed by atoms with Crippen LogP contribution in [0.3, 0.4) is 0 Å². The number of benzene rings is 1. The Morgan fingerprint density at radius 1 is 1.14 bits per heavy atom. The van der Waals surface area contributed by atoms with E-state index in [1.54, 1.807) is 0 Å². The van der Waals surface area contributed by atoms with Gasteiger partial charge >= 0.3 is 0 Å². The van der Waals surface area contributed by atoms with Gasteiger partial charge in [-0.25, -0.2) is 0 Å². The van der Waals surface area contributed by atoms with Crippen LogP contribution in [0.4, 0.5) is 5.69 Å². The number of pyridine rings is 1. The van der Waals surface area contributed by atoms with E-state index in [1.807, 2.05) is 30.5 Å². The van der Waals surface area contributed by atoms with Crippen LogP contribution in [-0.2, 0) is 6.42 Å². The standard InChI is InChI=1S/C19H24N2O/c1-19(2)11-13-21(15-19)17-8-3-4-9-18(17)22-14-10-16-7-5-6-12-20-16/h3-9,12H,10-11,13-15H2,1-2H3. The number of para-hydroxylation sites is 2. The normalized spacial score (nSPS) is 16.7. The number of anilines is 1. The lowest BCUT2D eigenvalue weighted by atomic mass is 9.93. The van der Waals surface area contributed by atoms with Gasteiger partial charge in [0.05, 0.1) is 12.3 Å². The first kappa shape index (κ1) is 14.9. The van der Waals surface area contributed by atoms with E-state index in [9.17, 15) is 0 Å². The van der Waals surface area contributed by atoms with E-state index in [1.165, 1.54) is 12.1 Å². The molecule has 3 rings (SSSR count). The van der Waals surface area contributed by atoms with Crippen molar-refractivity contribution in [3.63, 3.8) is 0 Å². The molecule has 0 bridgehead atoms. The third kappa shape index (κ3) is 3.59. The lowest BCUT2D eigenvalue weighted by Gasteiger charge is -2.24. The first-order valence-electron chi connectivity index (χ1n) is 8.01. The lowest BCUT2D eigenvalue weighted by molar-refractivity contribution is 0.320. The molecule has 3 nitrogen and oxygen atoms in total. The number of nitrogens with zero attached hydrogens (tertiary/aromatic N) is 2. The van der Waals surface area contributed by atoms with Crippen LogP contribution in [0, 0.1) is 5.41 Å². The van der Waals surface area contributed by atoms with E-state index in [2.05, 4.69) is 41.9 Å². The number of hydrogen-bond donors (Lipinski definition) is 0. The number of ether oxygens (including phenoxy) is 1. The predicted octanol–water partition coefficient (Wildman–Crippen LogP) is 3.94. The van der Waals surface area contributed by atoms with Crippen molar-refractivity contribution in [3.8, 4) is 5.75 Å². The average molecular weight is 296 g/mol. The zero-order valence-electron chi connectivity index (χ0n) is 13.5. The summed E-state index contributed by atoms with van der Waals surface area (Å²) in [4.78, 5) is 6.78. The molecule has 0 N–H and O–H groups in total. The third-order valence-corrected chi connectivity index (χ3v) is 4.23. The Hall–Kier alpha value is -2.03. The molecule has 0 unspecified atom stereocenters. The van der Waals surface area contributed by atoms with Crippen molar-refractivity contribution in [2.45, 2.75) is 26.7 Å². The molecule has 2 aromatic rings. The Morgan fingerprint density at radius 3 is 2.68 bits per heavy atom. The highest BCUT2D eigenvalue weighted by Crippen LogP contribution is 2.36. The fourth-order valence-corrected chi connectivity index (χ4v) is 2.97. The smallest absolute Gasteiger partial charge is 0.142 e. The molecule has 22 heavy (non-hydrogen) atoms. The molecule has 0 radical (unpaired) electrons. The largest absolute Gasteiger partial charge is 0.491 e. The van der Waals surface area contributed by atoms with Gasteiger partial charge < -0.3 is 9.64 Å². The summed E-state index contributed by atoms with van der Waals surface area (Å²) in [6.45, 7) is 7.52. The highest BCUT2D eigenvalue weighted by atomic mass is 16.5. The molecule has 1 aliphatic heterocycles. The van der Waals surface area contributed by atoms with Crippen molar-refractivity contribution in [3.05, 3.63) is 54.4 Å². The molecule has 1 aromatic carbocycles. The van der Waals surface area contributed by atoms with Crippen LogP contribution in [0.1, 0.15) is 26.0 Å². The van der Waals surface area contributed by atoms with Crippen molar-refractivity contribution in [2.24, 2.45) is 5.41 Å². The number of aromatic nitrogens is 1. The number of rotatable bonds is 5. The molecule has 1 aromatic heterocycles. The van der Waals surface area contributed by atoms with Gasteiger partial charge in [0.1, 0.15) is 5.75 Å². The van der Waals surface area contributed by atoms with Gasteiger partial charge in [0.2, 0.25) is 0 Å². The minimum Gasteiger partial charge on any atom is -0.491 e. The minimum atomic E-state index is 0.390. The van der Waals surface area contributed by atoms with Crippen molar-refractivity contribution in [2.75, 3.05) is 24.6 Å². The first-order chi connectivity index (χ1) is 10.6.